The number of hydrogen-bond acceptors (Lipinski definition) is 3. The molecule has 1 aliphatic rings. The van der Waals surface area contributed by atoms with Crippen LogP contribution in [0.4, 0.5) is 0 Å². The van der Waals surface area contributed by atoms with Gasteiger partial charge in [0, 0.05) is 18.6 Å². The van der Waals surface area contributed by atoms with Gasteiger partial charge < -0.3 is 14.7 Å². The lowest BCUT2D eigenvalue weighted by atomic mass is 9.82. The molecule has 0 radical (unpaired) electrons. The number of rotatable bonds is 7. The summed E-state index contributed by atoms with van der Waals surface area (Å²) in [5.74, 6) is 0. The first kappa shape index (κ1) is 13.9. The number of aliphatic hydroxyl groups excluding tert-OH is 1. The molecular weight excluding hydrogens is 202 g/mol. The lowest BCUT2D eigenvalue weighted by Gasteiger charge is -2.39. The van der Waals surface area contributed by atoms with Crippen molar-refractivity contribution in [2.45, 2.75) is 39.5 Å². The molecule has 0 aromatic carbocycles. The largest absolute Gasteiger partial charge is 0.396 e. The Morgan fingerprint density at radius 2 is 1.94 bits per heavy atom. The molecule has 0 aliphatic carbocycles. The Labute approximate surface area is 99.8 Å². The van der Waals surface area contributed by atoms with Gasteiger partial charge in [0.05, 0.1) is 13.2 Å². The van der Waals surface area contributed by atoms with Crippen molar-refractivity contribution in [3.8, 4) is 0 Å². The molecule has 1 atom stereocenters. The van der Waals surface area contributed by atoms with Crippen LogP contribution in [0, 0.1) is 5.41 Å². The van der Waals surface area contributed by atoms with Gasteiger partial charge in [0.15, 0.2) is 0 Å². The van der Waals surface area contributed by atoms with Crippen molar-refractivity contribution in [3.05, 3.63) is 0 Å². The lowest BCUT2D eigenvalue weighted by Crippen LogP contribution is -2.46. The van der Waals surface area contributed by atoms with Crippen molar-refractivity contribution in [2.75, 3.05) is 39.5 Å². The second-order valence-electron chi connectivity index (χ2n) is 5.09. The Morgan fingerprint density at radius 3 is 2.38 bits per heavy atom. The molecule has 3 nitrogen and oxygen atoms in total. The van der Waals surface area contributed by atoms with E-state index in [2.05, 4.69) is 18.7 Å². The molecule has 1 fully saturated rings. The molecule has 0 saturated carbocycles. The molecule has 1 saturated heterocycles. The molecule has 1 rings (SSSR count). The fourth-order valence-electron chi connectivity index (χ4n) is 2.59. The predicted octanol–water partition coefficient (Wildman–Crippen LogP) is 1.90. The van der Waals surface area contributed by atoms with E-state index in [0.29, 0.717) is 0 Å². The van der Waals surface area contributed by atoms with E-state index in [9.17, 15) is 5.11 Å². The maximum Gasteiger partial charge on any atom is 0.0556 e. The molecule has 16 heavy (non-hydrogen) atoms. The van der Waals surface area contributed by atoms with Crippen LogP contribution < -0.4 is 0 Å². The fraction of sp³-hybridized carbons (Fsp3) is 1.00. The first-order valence-corrected chi connectivity index (χ1v) is 6.67. The van der Waals surface area contributed by atoms with E-state index >= 15 is 0 Å². The third-order valence-electron chi connectivity index (χ3n) is 3.38. The second kappa shape index (κ2) is 7.25. The van der Waals surface area contributed by atoms with Gasteiger partial charge in [0.25, 0.3) is 0 Å². The number of nitrogens with zero attached hydrogens (tertiary/aromatic N) is 1. The van der Waals surface area contributed by atoms with Crippen LogP contribution in [0.25, 0.3) is 0 Å². The van der Waals surface area contributed by atoms with E-state index in [1.54, 1.807) is 0 Å². The summed E-state index contributed by atoms with van der Waals surface area (Å²) in [5.41, 5.74) is 0.00257. The topological polar surface area (TPSA) is 32.7 Å². The van der Waals surface area contributed by atoms with Crippen LogP contribution in [0.1, 0.15) is 39.5 Å². The number of ether oxygens (including phenoxy) is 1. The van der Waals surface area contributed by atoms with E-state index < -0.39 is 0 Å². The van der Waals surface area contributed by atoms with Crippen LogP contribution in [0.2, 0.25) is 0 Å². The quantitative estimate of drug-likeness (QED) is 0.723. The lowest BCUT2D eigenvalue weighted by molar-refractivity contribution is -0.0553. The standard InChI is InChI=1S/C13H27NO2/c1-3-7-14(8-4-2)10-13(11-15)6-5-9-16-12-13/h15H,3-12H2,1-2H3. The highest BCUT2D eigenvalue weighted by Gasteiger charge is 2.33. The van der Waals surface area contributed by atoms with Crippen LogP contribution in [0.15, 0.2) is 0 Å². The van der Waals surface area contributed by atoms with Gasteiger partial charge in [0.2, 0.25) is 0 Å². The zero-order chi connectivity index (χ0) is 11.9. The van der Waals surface area contributed by atoms with Crippen molar-refractivity contribution in [2.24, 2.45) is 5.41 Å². The SMILES string of the molecule is CCCN(CCC)CC1(CO)CCCOC1. The number of aliphatic hydroxyl groups is 1. The summed E-state index contributed by atoms with van der Waals surface area (Å²) in [6.07, 6.45) is 4.56. The molecule has 3 heteroatoms. The molecule has 1 unspecified atom stereocenters. The van der Waals surface area contributed by atoms with E-state index in [1.165, 1.54) is 12.8 Å². The Hall–Kier alpha value is -0.120. The Kier molecular flexibility index (Phi) is 6.32. The summed E-state index contributed by atoms with van der Waals surface area (Å²) in [6, 6.07) is 0. The van der Waals surface area contributed by atoms with Crippen molar-refractivity contribution in [3.63, 3.8) is 0 Å². The smallest absolute Gasteiger partial charge is 0.0556 e. The Balaban J connectivity index is 2.50. The first-order valence-electron chi connectivity index (χ1n) is 6.67. The maximum atomic E-state index is 9.62. The molecule has 0 aromatic heterocycles. The van der Waals surface area contributed by atoms with Gasteiger partial charge in [-0.2, -0.15) is 0 Å². The highest BCUT2D eigenvalue weighted by Crippen LogP contribution is 2.29. The predicted molar refractivity (Wildman–Crippen MR) is 66.6 cm³/mol. The second-order valence-corrected chi connectivity index (χ2v) is 5.09. The minimum Gasteiger partial charge on any atom is -0.396 e. The molecule has 1 aliphatic heterocycles. The van der Waals surface area contributed by atoms with Crippen LogP contribution in [-0.4, -0.2) is 49.5 Å². The van der Waals surface area contributed by atoms with Crippen LogP contribution in [0.3, 0.4) is 0 Å². The maximum absolute atomic E-state index is 9.62. The normalized spacial score (nSPS) is 26.2. The number of hydrogen-bond donors (Lipinski definition) is 1. The summed E-state index contributed by atoms with van der Waals surface area (Å²) >= 11 is 0. The van der Waals surface area contributed by atoms with Crippen LogP contribution >= 0.6 is 0 Å². The van der Waals surface area contributed by atoms with Crippen molar-refractivity contribution >= 4 is 0 Å². The Morgan fingerprint density at radius 1 is 1.25 bits per heavy atom. The summed E-state index contributed by atoms with van der Waals surface area (Å²) in [7, 11) is 0. The average molecular weight is 229 g/mol. The van der Waals surface area contributed by atoms with Gasteiger partial charge in [-0.3, -0.25) is 0 Å². The van der Waals surface area contributed by atoms with E-state index in [4.69, 9.17) is 4.74 Å². The summed E-state index contributed by atoms with van der Waals surface area (Å²) in [4.78, 5) is 2.48. The zero-order valence-electron chi connectivity index (χ0n) is 10.9. The van der Waals surface area contributed by atoms with Gasteiger partial charge in [-0.1, -0.05) is 13.8 Å². The summed E-state index contributed by atoms with van der Waals surface area (Å²) in [5, 5.41) is 9.62. The molecule has 0 spiro atoms. The van der Waals surface area contributed by atoms with Crippen LogP contribution in [-0.2, 0) is 4.74 Å². The minimum atomic E-state index is 0.00257. The van der Waals surface area contributed by atoms with Crippen LogP contribution in [0.5, 0.6) is 0 Å². The van der Waals surface area contributed by atoms with Gasteiger partial charge in [-0.15, -0.1) is 0 Å². The molecular formula is C13H27NO2. The zero-order valence-corrected chi connectivity index (χ0v) is 10.9. The van der Waals surface area contributed by atoms with Gasteiger partial charge in [-0.05, 0) is 38.8 Å². The van der Waals surface area contributed by atoms with E-state index in [0.717, 1.165) is 45.7 Å². The van der Waals surface area contributed by atoms with Gasteiger partial charge in [0.1, 0.15) is 0 Å². The molecule has 0 aromatic rings. The van der Waals surface area contributed by atoms with Crippen molar-refractivity contribution in [1.29, 1.82) is 0 Å². The summed E-state index contributed by atoms with van der Waals surface area (Å²) in [6.45, 7) is 9.54. The van der Waals surface area contributed by atoms with E-state index in [-0.39, 0.29) is 12.0 Å². The highest BCUT2D eigenvalue weighted by atomic mass is 16.5. The van der Waals surface area contributed by atoms with E-state index in [1.807, 2.05) is 0 Å². The molecule has 96 valence electrons. The molecule has 1 N–H and O–H groups in total. The van der Waals surface area contributed by atoms with Crippen molar-refractivity contribution in [1.82, 2.24) is 4.90 Å². The molecule has 0 bridgehead atoms. The third-order valence-corrected chi connectivity index (χ3v) is 3.38. The average Bonchev–Trinajstić information content (AvgIpc) is 2.31. The molecule has 0 amide bonds. The monoisotopic (exact) mass is 229 g/mol. The van der Waals surface area contributed by atoms with Crippen molar-refractivity contribution < 1.29 is 9.84 Å². The fourth-order valence-corrected chi connectivity index (χ4v) is 2.59. The van der Waals surface area contributed by atoms with Gasteiger partial charge in [-0.25, -0.2) is 0 Å². The summed E-state index contributed by atoms with van der Waals surface area (Å²) < 4.78 is 5.55. The first-order chi connectivity index (χ1) is 7.76. The van der Waals surface area contributed by atoms with Gasteiger partial charge >= 0.3 is 0 Å². The Bertz CT molecular complexity index is 173. The highest BCUT2D eigenvalue weighted by molar-refractivity contribution is 4.84. The minimum absolute atomic E-state index is 0.00257. The third kappa shape index (κ3) is 4.04. The molecule has 1 heterocycles.